The van der Waals surface area contributed by atoms with Gasteiger partial charge in [-0.3, -0.25) is 20.3 Å². The van der Waals surface area contributed by atoms with Crippen LogP contribution in [0.15, 0.2) is 18.2 Å². The van der Waals surface area contributed by atoms with Gasteiger partial charge in [0.05, 0.1) is 18.2 Å². The fourth-order valence-electron chi connectivity index (χ4n) is 3.75. The molecule has 1 unspecified atom stereocenters. The molecule has 1 aromatic rings. The fraction of sp³-hybridized carbons (Fsp3) is 0.636. The molecule has 1 heterocycles. The van der Waals surface area contributed by atoms with Gasteiger partial charge < -0.3 is 10.1 Å². The van der Waals surface area contributed by atoms with Gasteiger partial charge in [-0.15, -0.1) is 0 Å². The lowest BCUT2D eigenvalue weighted by Gasteiger charge is -2.22. The van der Waals surface area contributed by atoms with Crippen molar-refractivity contribution in [3.63, 3.8) is 0 Å². The van der Waals surface area contributed by atoms with Crippen LogP contribution in [0.3, 0.4) is 0 Å². The zero-order valence-corrected chi connectivity index (χ0v) is 17.3. The van der Waals surface area contributed by atoms with Crippen molar-refractivity contribution in [2.75, 3.05) is 19.7 Å². The second-order valence-electron chi connectivity index (χ2n) is 8.70. The van der Waals surface area contributed by atoms with Gasteiger partial charge in [0.1, 0.15) is 0 Å². The number of nitrogens with one attached hydrogen (secondary N) is 4. The Morgan fingerprint density at radius 1 is 1.13 bits per heavy atom. The number of ether oxygens (including phenoxy) is 1. The minimum atomic E-state index is -0.299. The molecule has 2 amide bonds. The quantitative estimate of drug-likeness (QED) is 0.235. The second-order valence-corrected chi connectivity index (χ2v) is 8.70. The number of hydrogen-bond donors (Lipinski definition) is 4. The summed E-state index contributed by atoms with van der Waals surface area (Å²) in [6.45, 7) is 2.13. The van der Waals surface area contributed by atoms with Crippen molar-refractivity contribution in [1.29, 1.82) is 0 Å². The van der Waals surface area contributed by atoms with Gasteiger partial charge in [0.25, 0.3) is 0 Å². The Balaban J connectivity index is 1.14. The van der Waals surface area contributed by atoms with Crippen LogP contribution in [0.4, 0.5) is 4.39 Å². The molecular formula is C22H31FN4O3. The van der Waals surface area contributed by atoms with Gasteiger partial charge in [-0.25, -0.2) is 9.82 Å². The maximum absolute atomic E-state index is 14.0. The van der Waals surface area contributed by atoms with E-state index in [0.717, 1.165) is 44.3 Å². The number of unbranched alkanes of at least 4 members (excludes halogenated alkanes) is 1. The van der Waals surface area contributed by atoms with Crippen LogP contribution < -0.4 is 26.2 Å². The van der Waals surface area contributed by atoms with Crippen molar-refractivity contribution in [1.82, 2.24) is 21.5 Å². The Morgan fingerprint density at radius 2 is 1.93 bits per heavy atom. The van der Waals surface area contributed by atoms with Crippen LogP contribution in [0.2, 0.25) is 0 Å². The monoisotopic (exact) mass is 418 g/mol. The molecule has 2 saturated carbocycles. The number of rotatable bonds is 12. The summed E-state index contributed by atoms with van der Waals surface area (Å²) < 4.78 is 19.7. The van der Waals surface area contributed by atoms with Crippen molar-refractivity contribution >= 4 is 11.8 Å². The second kappa shape index (κ2) is 9.41. The van der Waals surface area contributed by atoms with Crippen LogP contribution in [0.5, 0.6) is 5.75 Å². The van der Waals surface area contributed by atoms with Gasteiger partial charge in [0.15, 0.2) is 11.6 Å². The summed E-state index contributed by atoms with van der Waals surface area (Å²) in [5.74, 6) is 0.234. The average Bonchev–Trinajstić information content (AvgIpc) is 3.64. The molecule has 4 rings (SSSR count). The molecule has 0 radical (unpaired) electrons. The minimum absolute atomic E-state index is 0.142. The first-order valence-corrected chi connectivity index (χ1v) is 11.1. The van der Waals surface area contributed by atoms with E-state index in [4.69, 9.17) is 4.74 Å². The summed E-state index contributed by atoms with van der Waals surface area (Å²) in [6, 6.07) is 4.91. The SMILES string of the molecule is O=C1CCC(NCCCCNNC2(c3ccc(F)c(OCC4CC4)c3)CC2)C(=O)N1. The number of carbonyl (C=O) groups excluding carboxylic acids is 2. The third-order valence-electron chi connectivity index (χ3n) is 6.09. The molecule has 3 aliphatic rings. The number of halogens is 1. The van der Waals surface area contributed by atoms with E-state index in [9.17, 15) is 14.0 Å². The highest BCUT2D eigenvalue weighted by Crippen LogP contribution is 2.46. The average molecular weight is 419 g/mol. The van der Waals surface area contributed by atoms with E-state index in [1.807, 2.05) is 12.1 Å². The highest BCUT2D eigenvalue weighted by atomic mass is 19.1. The summed E-state index contributed by atoms with van der Waals surface area (Å²) >= 11 is 0. The first-order chi connectivity index (χ1) is 14.6. The fourth-order valence-corrected chi connectivity index (χ4v) is 3.75. The first kappa shape index (κ1) is 21.2. The molecule has 30 heavy (non-hydrogen) atoms. The normalized spacial score (nSPS) is 22.6. The summed E-state index contributed by atoms with van der Waals surface area (Å²) in [6.07, 6.45) is 7.21. The van der Waals surface area contributed by atoms with Crippen LogP contribution in [0, 0.1) is 11.7 Å². The molecule has 164 valence electrons. The number of carbonyl (C=O) groups is 2. The molecule has 0 aromatic heterocycles. The van der Waals surface area contributed by atoms with Crippen molar-refractivity contribution < 1.29 is 18.7 Å². The maximum Gasteiger partial charge on any atom is 0.243 e. The zero-order chi connectivity index (χ0) is 21.0. The summed E-state index contributed by atoms with van der Waals surface area (Å²) in [4.78, 5) is 22.8. The Kier molecular flexibility index (Phi) is 6.65. The molecule has 1 atom stereocenters. The van der Waals surface area contributed by atoms with E-state index in [-0.39, 0.29) is 29.2 Å². The Bertz CT molecular complexity index is 780. The van der Waals surface area contributed by atoms with E-state index in [1.54, 1.807) is 0 Å². The number of hydrogen-bond acceptors (Lipinski definition) is 6. The highest BCUT2D eigenvalue weighted by molar-refractivity contribution is 6.00. The van der Waals surface area contributed by atoms with E-state index in [0.29, 0.717) is 31.1 Å². The van der Waals surface area contributed by atoms with Crippen molar-refractivity contribution in [2.24, 2.45) is 5.92 Å². The Hall–Kier alpha value is -2.03. The first-order valence-electron chi connectivity index (χ1n) is 11.1. The van der Waals surface area contributed by atoms with Gasteiger partial charge in [0.2, 0.25) is 11.8 Å². The van der Waals surface area contributed by atoms with E-state index in [1.165, 1.54) is 18.9 Å². The van der Waals surface area contributed by atoms with Gasteiger partial charge in [-0.1, -0.05) is 6.07 Å². The molecule has 4 N–H and O–H groups in total. The summed E-state index contributed by atoms with van der Waals surface area (Å²) in [5, 5.41) is 5.57. The van der Waals surface area contributed by atoms with Crippen LogP contribution in [0.25, 0.3) is 0 Å². The predicted octanol–water partition coefficient (Wildman–Crippen LogP) is 1.87. The highest BCUT2D eigenvalue weighted by Gasteiger charge is 2.44. The van der Waals surface area contributed by atoms with E-state index < -0.39 is 0 Å². The third kappa shape index (κ3) is 5.56. The van der Waals surface area contributed by atoms with Crippen LogP contribution in [-0.2, 0) is 15.1 Å². The van der Waals surface area contributed by atoms with Crippen molar-refractivity contribution in [2.45, 2.75) is 62.9 Å². The topological polar surface area (TPSA) is 91.5 Å². The molecular weight excluding hydrogens is 387 g/mol. The largest absolute Gasteiger partial charge is 0.490 e. The van der Waals surface area contributed by atoms with Crippen molar-refractivity contribution in [3.8, 4) is 5.75 Å². The van der Waals surface area contributed by atoms with Crippen molar-refractivity contribution in [3.05, 3.63) is 29.6 Å². The molecule has 1 saturated heterocycles. The van der Waals surface area contributed by atoms with Gasteiger partial charge >= 0.3 is 0 Å². The molecule has 7 nitrogen and oxygen atoms in total. The van der Waals surface area contributed by atoms with Gasteiger partial charge in [-0.05, 0) is 75.1 Å². The third-order valence-corrected chi connectivity index (χ3v) is 6.09. The molecule has 0 spiro atoms. The van der Waals surface area contributed by atoms with Crippen LogP contribution >= 0.6 is 0 Å². The van der Waals surface area contributed by atoms with E-state index >= 15 is 0 Å². The molecule has 8 heteroatoms. The lowest BCUT2D eigenvalue weighted by molar-refractivity contribution is -0.134. The zero-order valence-electron chi connectivity index (χ0n) is 17.3. The minimum Gasteiger partial charge on any atom is -0.490 e. The molecule has 3 fully saturated rings. The van der Waals surface area contributed by atoms with Crippen LogP contribution in [0.1, 0.15) is 56.9 Å². The molecule has 0 bridgehead atoms. The Labute approximate surface area is 176 Å². The van der Waals surface area contributed by atoms with E-state index in [2.05, 4.69) is 21.5 Å². The molecule has 1 aliphatic heterocycles. The number of benzene rings is 1. The lowest BCUT2D eigenvalue weighted by atomic mass is 10.1. The smallest absolute Gasteiger partial charge is 0.243 e. The molecule has 1 aromatic carbocycles. The number of amides is 2. The predicted molar refractivity (Wildman–Crippen MR) is 110 cm³/mol. The summed E-state index contributed by atoms with van der Waals surface area (Å²) in [5.41, 5.74) is 7.62. The van der Waals surface area contributed by atoms with Crippen LogP contribution in [-0.4, -0.2) is 37.6 Å². The maximum atomic E-state index is 14.0. The number of piperidine rings is 1. The standard InChI is InChI=1S/C22H31FN4O3/c23-17-6-5-16(13-19(17)30-14-15-3-4-15)22(9-10-22)27-25-12-2-1-11-24-18-7-8-20(28)26-21(18)29/h5-6,13,15,18,24-25,27H,1-4,7-12,14H2,(H,26,28,29). The summed E-state index contributed by atoms with van der Waals surface area (Å²) in [7, 11) is 0. The Morgan fingerprint density at radius 3 is 2.67 bits per heavy atom. The molecule has 2 aliphatic carbocycles. The van der Waals surface area contributed by atoms with Gasteiger partial charge in [-0.2, -0.15) is 0 Å². The number of imide groups is 1. The van der Waals surface area contributed by atoms with Gasteiger partial charge in [0, 0.05) is 13.0 Å². The number of hydrazine groups is 1. The lowest BCUT2D eigenvalue weighted by Crippen LogP contribution is -2.50.